The van der Waals surface area contributed by atoms with E-state index in [0.717, 1.165) is 24.2 Å². The second-order valence-electron chi connectivity index (χ2n) is 7.55. The molecule has 1 aliphatic rings. The van der Waals surface area contributed by atoms with Gasteiger partial charge >= 0.3 is 12.1 Å². The van der Waals surface area contributed by atoms with E-state index in [1.807, 2.05) is 19.1 Å². The van der Waals surface area contributed by atoms with Crippen LogP contribution in [0.2, 0.25) is 0 Å². The quantitative estimate of drug-likeness (QED) is 0.855. The molecule has 1 fully saturated rings. The van der Waals surface area contributed by atoms with Crippen LogP contribution in [0, 0.1) is 6.92 Å². The maximum absolute atomic E-state index is 11.9. The van der Waals surface area contributed by atoms with Crippen molar-refractivity contribution >= 4 is 17.7 Å². The second kappa shape index (κ2) is 7.76. The molecule has 1 aromatic carbocycles. The number of carbonyl (C=O) groups is 2. The summed E-state index contributed by atoms with van der Waals surface area (Å²) in [5.74, 6) is -1.08. The first-order valence-electron chi connectivity index (χ1n) is 8.72. The monoisotopic (exact) mass is 348 g/mol. The van der Waals surface area contributed by atoms with Gasteiger partial charge in [0.15, 0.2) is 0 Å². The molecule has 1 unspecified atom stereocenters. The molecule has 0 aromatic heterocycles. The van der Waals surface area contributed by atoms with Gasteiger partial charge in [0.05, 0.1) is 0 Å². The highest BCUT2D eigenvalue weighted by Gasteiger charge is 2.25. The van der Waals surface area contributed by atoms with Gasteiger partial charge in [-0.1, -0.05) is 6.07 Å². The predicted octanol–water partition coefficient (Wildman–Crippen LogP) is 3.12. The molecule has 6 nitrogen and oxygen atoms in total. The minimum atomic E-state index is -1.08. The predicted molar refractivity (Wildman–Crippen MR) is 97.1 cm³/mol. The number of aliphatic carboxylic acids is 1. The Labute approximate surface area is 149 Å². The fourth-order valence-corrected chi connectivity index (χ4v) is 2.95. The summed E-state index contributed by atoms with van der Waals surface area (Å²) in [6, 6.07) is 5.05. The molecule has 0 bridgehead atoms. The lowest BCUT2D eigenvalue weighted by Crippen LogP contribution is -2.44. The molecule has 1 aromatic rings. The van der Waals surface area contributed by atoms with Crippen molar-refractivity contribution in [1.29, 1.82) is 0 Å². The second-order valence-corrected chi connectivity index (χ2v) is 7.55. The van der Waals surface area contributed by atoms with Gasteiger partial charge in [-0.2, -0.15) is 0 Å². The van der Waals surface area contributed by atoms with Crippen molar-refractivity contribution < 1.29 is 19.4 Å². The maximum atomic E-state index is 11.9. The van der Waals surface area contributed by atoms with Crippen molar-refractivity contribution in [3.63, 3.8) is 0 Å². The van der Waals surface area contributed by atoms with E-state index in [9.17, 15) is 14.7 Å². The molecule has 2 rings (SSSR count). The van der Waals surface area contributed by atoms with Gasteiger partial charge in [-0.05, 0) is 63.8 Å². The van der Waals surface area contributed by atoms with Gasteiger partial charge in [-0.25, -0.2) is 9.59 Å². The van der Waals surface area contributed by atoms with Crippen molar-refractivity contribution in [2.75, 3.05) is 18.0 Å². The van der Waals surface area contributed by atoms with Gasteiger partial charge in [-0.3, -0.25) is 0 Å². The Kier molecular flexibility index (Phi) is 5.93. The first-order chi connectivity index (χ1) is 11.7. The normalized spacial score (nSPS) is 15.8. The van der Waals surface area contributed by atoms with E-state index < -0.39 is 23.7 Å². The summed E-state index contributed by atoms with van der Waals surface area (Å²) in [5, 5.41) is 11.9. The zero-order chi connectivity index (χ0) is 18.6. The molecular weight excluding hydrogens is 320 g/mol. The number of carboxylic acids is 1. The Hall–Kier alpha value is -2.24. The number of rotatable bonds is 5. The first-order valence-corrected chi connectivity index (χ1v) is 8.72. The van der Waals surface area contributed by atoms with Crippen LogP contribution in [0.3, 0.4) is 0 Å². The summed E-state index contributed by atoms with van der Waals surface area (Å²) in [6.45, 7) is 9.32. The number of alkyl carbamates (subject to hydrolysis) is 1. The van der Waals surface area contributed by atoms with E-state index in [4.69, 9.17) is 4.74 Å². The highest BCUT2D eigenvalue weighted by molar-refractivity contribution is 5.80. The van der Waals surface area contributed by atoms with Gasteiger partial charge in [0.25, 0.3) is 0 Å². The number of ether oxygens (including phenoxy) is 1. The molecule has 6 heteroatoms. The summed E-state index contributed by atoms with van der Waals surface area (Å²) in [4.78, 5) is 25.7. The Morgan fingerprint density at radius 3 is 2.44 bits per heavy atom. The molecule has 0 radical (unpaired) electrons. The van der Waals surface area contributed by atoms with Crippen LogP contribution in [0.4, 0.5) is 10.5 Å². The summed E-state index contributed by atoms with van der Waals surface area (Å²) in [6.07, 6.45) is 1.93. The molecule has 2 N–H and O–H groups in total. The number of aryl methyl sites for hydroxylation is 1. The van der Waals surface area contributed by atoms with Crippen LogP contribution < -0.4 is 10.2 Å². The molecule has 0 spiro atoms. The van der Waals surface area contributed by atoms with E-state index >= 15 is 0 Å². The van der Waals surface area contributed by atoms with E-state index in [1.165, 1.54) is 18.5 Å². The first kappa shape index (κ1) is 19.1. The summed E-state index contributed by atoms with van der Waals surface area (Å²) >= 11 is 0. The van der Waals surface area contributed by atoms with Gasteiger partial charge in [0.2, 0.25) is 0 Å². The number of nitrogens with one attached hydrogen (secondary N) is 1. The number of benzene rings is 1. The number of carbonyl (C=O) groups excluding carboxylic acids is 1. The average Bonchev–Trinajstić information content (AvgIpc) is 3.00. The van der Waals surface area contributed by atoms with Gasteiger partial charge in [0, 0.05) is 25.2 Å². The number of hydrogen-bond donors (Lipinski definition) is 2. The summed E-state index contributed by atoms with van der Waals surface area (Å²) in [5.41, 5.74) is 2.44. The molecule has 1 atom stereocenters. The highest BCUT2D eigenvalue weighted by Crippen LogP contribution is 2.23. The lowest BCUT2D eigenvalue weighted by molar-refractivity contribution is -0.139. The van der Waals surface area contributed by atoms with E-state index in [0.29, 0.717) is 0 Å². The van der Waals surface area contributed by atoms with Gasteiger partial charge < -0.3 is 20.1 Å². The van der Waals surface area contributed by atoms with Crippen LogP contribution in [-0.4, -0.2) is 41.9 Å². The molecule has 25 heavy (non-hydrogen) atoms. The van der Waals surface area contributed by atoms with E-state index in [1.54, 1.807) is 20.8 Å². The van der Waals surface area contributed by atoms with Crippen molar-refractivity contribution in [3.05, 3.63) is 29.3 Å². The minimum absolute atomic E-state index is 0.223. The molecule has 138 valence electrons. The van der Waals surface area contributed by atoms with Gasteiger partial charge in [0.1, 0.15) is 11.6 Å². The third kappa shape index (κ3) is 5.66. The number of anilines is 1. The van der Waals surface area contributed by atoms with Crippen LogP contribution in [0.1, 0.15) is 44.7 Å². The van der Waals surface area contributed by atoms with E-state index in [2.05, 4.69) is 16.3 Å². The fourth-order valence-electron chi connectivity index (χ4n) is 2.95. The van der Waals surface area contributed by atoms with Crippen LogP contribution in [0.15, 0.2) is 18.2 Å². The van der Waals surface area contributed by atoms with Crippen molar-refractivity contribution in [3.8, 4) is 0 Å². The minimum Gasteiger partial charge on any atom is -0.480 e. The third-order valence-corrected chi connectivity index (χ3v) is 4.21. The van der Waals surface area contributed by atoms with Crippen molar-refractivity contribution in [2.45, 2.75) is 58.6 Å². The van der Waals surface area contributed by atoms with E-state index in [-0.39, 0.29) is 6.42 Å². The molecular formula is C19H28N2O4. The van der Waals surface area contributed by atoms with Crippen LogP contribution in [-0.2, 0) is 16.0 Å². The van der Waals surface area contributed by atoms with Gasteiger partial charge in [-0.15, -0.1) is 0 Å². The highest BCUT2D eigenvalue weighted by atomic mass is 16.6. The Bertz CT molecular complexity index is 631. The van der Waals surface area contributed by atoms with Crippen molar-refractivity contribution in [1.82, 2.24) is 5.32 Å². The molecule has 1 saturated heterocycles. The van der Waals surface area contributed by atoms with Crippen molar-refractivity contribution in [2.24, 2.45) is 0 Å². The Balaban J connectivity index is 2.06. The zero-order valence-corrected chi connectivity index (χ0v) is 15.5. The molecule has 1 amide bonds. The lowest BCUT2D eigenvalue weighted by Gasteiger charge is -2.23. The SMILES string of the molecule is Cc1cc(N2CCCC2)ccc1CC(NC(=O)OC(C)(C)C)C(=O)O. The molecule has 1 heterocycles. The van der Waals surface area contributed by atoms with Crippen LogP contribution in [0.25, 0.3) is 0 Å². The number of carboxylic acid groups (broad SMARTS) is 1. The Morgan fingerprint density at radius 2 is 1.92 bits per heavy atom. The largest absolute Gasteiger partial charge is 0.480 e. The summed E-state index contributed by atoms with van der Waals surface area (Å²) < 4.78 is 5.15. The molecule has 0 aliphatic carbocycles. The number of hydrogen-bond acceptors (Lipinski definition) is 4. The number of nitrogens with zero attached hydrogens (tertiary/aromatic N) is 1. The Morgan fingerprint density at radius 1 is 1.28 bits per heavy atom. The molecule has 1 aliphatic heterocycles. The lowest BCUT2D eigenvalue weighted by atomic mass is 10.00. The fraction of sp³-hybridized carbons (Fsp3) is 0.579. The zero-order valence-electron chi connectivity index (χ0n) is 15.5. The summed E-state index contributed by atoms with van der Waals surface area (Å²) in [7, 11) is 0. The van der Waals surface area contributed by atoms with Crippen LogP contribution >= 0.6 is 0 Å². The maximum Gasteiger partial charge on any atom is 0.408 e. The molecule has 0 saturated carbocycles. The standard InChI is InChI=1S/C19H28N2O4/c1-13-11-15(21-9-5-6-10-21)8-7-14(13)12-16(17(22)23)20-18(24)25-19(2,3)4/h7-8,11,16H,5-6,9-10,12H2,1-4H3,(H,20,24)(H,22,23). The van der Waals surface area contributed by atoms with Crippen LogP contribution in [0.5, 0.6) is 0 Å². The topological polar surface area (TPSA) is 78.9 Å². The average molecular weight is 348 g/mol. The smallest absolute Gasteiger partial charge is 0.408 e. The third-order valence-electron chi connectivity index (χ3n) is 4.21. The number of amides is 1.